The Morgan fingerprint density at radius 2 is 2.12 bits per heavy atom. The van der Waals surface area contributed by atoms with Gasteiger partial charge in [-0.2, -0.15) is 0 Å². The molecule has 2 aromatic rings. The highest BCUT2D eigenvalue weighted by molar-refractivity contribution is 7.71. The van der Waals surface area contributed by atoms with Crippen molar-refractivity contribution in [2.24, 2.45) is 0 Å². The molecule has 5 heteroatoms. The summed E-state index contributed by atoms with van der Waals surface area (Å²) in [5.74, 6) is 0.906. The van der Waals surface area contributed by atoms with Gasteiger partial charge in [-0.05, 0) is 37.2 Å². The third kappa shape index (κ3) is 2.04. The molecule has 1 N–H and O–H groups in total. The molecule has 0 aliphatic rings. The molecule has 2 heterocycles. The van der Waals surface area contributed by atoms with Gasteiger partial charge in [0.25, 0.3) is 4.84 Å². The number of aromatic amines is 1. The maximum absolute atomic E-state index is 5.26. The predicted molar refractivity (Wildman–Crippen MR) is 63.7 cm³/mol. The van der Waals surface area contributed by atoms with Gasteiger partial charge in [-0.15, -0.1) is 5.10 Å². The molecule has 4 nitrogen and oxygen atoms in total. The highest BCUT2D eigenvalue weighted by Crippen LogP contribution is 2.22. The van der Waals surface area contributed by atoms with Crippen LogP contribution < -0.4 is 0 Å². The Bertz CT molecular complexity index is 556. The van der Waals surface area contributed by atoms with Gasteiger partial charge in [0, 0.05) is 5.69 Å². The van der Waals surface area contributed by atoms with E-state index in [1.54, 1.807) is 0 Å². The van der Waals surface area contributed by atoms with E-state index in [-0.39, 0.29) is 4.84 Å². The van der Waals surface area contributed by atoms with Crippen molar-refractivity contribution in [1.82, 2.24) is 15.2 Å². The van der Waals surface area contributed by atoms with Gasteiger partial charge >= 0.3 is 0 Å². The monoisotopic (exact) mass is 235 g/mol. The summed E-state index contributed by atoms with van der Waals surface area (Å²) in [7, 11) is 0. The number of rotatable bonds is 2. The Morgan fingerprint density at radius 3 is 2.62 bits per heavy atom. The van der Waals surface area contributed by atoms with Crippen molar-refractivity contribution in [2.45, 2.75) is 26.7 Å². The van der Waals surface area contributed by atoms with Crippen molar-refractivity contribution >= 4 is 12.2 Å². The molecule has 0 atom stereocenters. The largest absolute Gasteiger partial charge is 0.409 e. The first kappa shape index (κ1) is 11.0. The lowest BCUT2D eigenvalue weighted by Gasteiger charge is -2.07. The lowest BCUT2D eigenvalue weighted by molar-refractivity contribution is 0.551. The Kier molecular flexibility index (Phi) is 2.87. The highest BCUT2D eigenvalue weighted by atomic mass is 32.1. The maximum atomic E-state index is 5.26. The van der Waals surface area contributed by atoms with E-state index in [1.165, 1.54) is 0 Å². The first-order valence-corrected chi connectivity index (χ1v) is 5.52. The van der Waals surface area contributed by atoms with E-state index in [0.717, 1.165) is 17.0 Å². The van der Waals surface area contributed by atoms with Gasteiger partial charge in [0.2, 0.25) is 5.89 Å². The van der Waals surface area contributed by atoms with Gasteiger partial charge in [-0.25, -0.2) is 5.10 Å². The molecule has 0 amide bonds. The SMILES string of the molecule is Cc1nc(C(C)C)ccc1-c1n[nH]c(=S)o1. The molecule has 0 radical (unpaired) electrons. The van der Waals surface area contributed by atoms with Crippen LogP contribution in [-0.2, 0) is 0 Å². The quantitative estimate of drug-likeness (QED) is 0.812. The summed E-state index contributed by atoms with van der Waals surface area (Å²) >= 11 is 4.84. The zero-order valence-corrected chi connectivity index (χ0v) is 10.3. The molecular formula is C11H13N3OS. The molecule has 0 fully saturated rings. The molecule has 0 aromatic carbocycles. The summed E-state index contributed by atoms with van der Waals surface area (Å²) in [6.45, 7) is 6.16. The van der Waals surface area contributed by atoms with Gasteiger partial charge in [0.1, 0.15) is 0 Å². The Hall–Kier alpha value is -1.49. The van der Waals surface area contributed by atoms with Crippen LogP contribution in [0, 0.1) is 11.8 Å². The minimum Gasteiger partial charge on any atom is -0.409 e. The van der Waals surface area contributed by atoms with Crippen LogP contribution in [0.15, 0.2) is 16.5 Å². The van der Waals surface area contributed by atoms with Crippen LogP contribution in [0.25, 0.3) is 11.5 Å². The average Bonchev–Trinajstić information content (AvgIpc) is 2.64. The molecule has 16 heavy (non-hydrogen) atoms. The summed E-state index contributed by atoms with van der Waals surface area (Å²) in [5, 5.41) is 6.59. The molecule has 2 rings (SSSR count). The highest BCUT2D eigenvalue weighted by Gasteiger charge is 2.10. The summed E-state index contributed by atoms with van der Waals surface area (Å²) in [6.07, 6.45) is 0. The normalized spacial score (nSPS) is 11.0. The molecular weight excluding hydrogens is 222 g/mol. The Balaban J connectivity index is 2.47. The van der Waals surface area contributed by atoms with Gasteiger partial charge in [-0.1, -0.05) is 13.8 Å². The molecule has 0 aliphatic carbocycles. The smallest absolute Gasteiger partial charge is 0.284 e. The van der Waals surface area contributed by atoms with E-state index in [4.69, 9.17) is 16.6 Å². The fourth-order valence-electron chi connectivity index (χ4n) is 1.47. The van der Waals surface area contributed by atoms with Gasteiger partial charge in [-0.3, -0.25) is 4.98 Å². The molecule has 0 unspecified atom stereocenters. The number of hydrogen-bond acceptors (Lipinski definition) is 4. The van der Waals surface area contributed by atoms with Crippen LogP contribution in [0.2, 0.25) is 0 Å². The fraction of sp³-hybridized carbons (Fsp3) is 0.364. The predicted octanol–water partition coefficient (Wildman–Crippen LogP) is 3.23. The van der Waals surface area contributed by atoms with E-state index in [2.05, 4.69) is 29.0 Å². The first-order chi connectivity index (χ1) is 7.58. The van der Waals surface area contributed by atoms with Gasteiger partial charge in [0.15, 0.2) is 0 Å². The number of H-pyrrole nitrogens is 1. The average molecular weight is 235 g/mol. The van der Waals surface area contributed by atoms with Crippen molar-refractivity contribution < 1.29 is 4.42 Å². The standard InChI is InChI=1S/C11H13N3OS/c1-6(2)9-5-4-8(7(3)12-9)10-13-14-11(16)15-10/h4-6H,1-3H3,(H,14,16). The van der Waals surface area contributed by atoms with Crippen molar-refractivity contribution in [3.8, 4) is 11.5 Å². The summed E-state index contributed by atoms with van der Waals surface area (Å²) < 4.78 is 5.26. The molecule has 0 saturated carbocycles. The third-order valence-corrected chi connectivity index (χ3v) is 2.54. The summed E-state index contributed by atoms with van der Waals surface area (Å²) in [4.78, 5) is 4.79. The number of nitrogens with one attached hydrogen (secondary N) is 1. The molecule has 0 spiro atoms. The second-order valence-corrected chi connectivity index (χ2v) is 4.31. The third-order valence-electron chi connectivity index (χ3n) is 2.37. The molecule has 2 aromatic heterocycles. The lowest BCUT2D eigenvalue weighted by Crippen LogP contribution is -1.96. The van der Waals surface area contributed by atoms with Crippen LogP contribution in [-0.4, -0.2) is 15.2 Å². The number of hydrogen-bond donors (Lipinski definition) is 1. The van der Waals surface area contributed by atoms with E-state index in [9.17, 15) is 0 Å². The number of aryl methyl sites for hydroxylation is 1. The fourth-order valence-corrected chi connectivity index (χ4v) is 1.60. The minimum absolute atomic E-state index is 0.280. The van der Waals surface area contributed by atoms with Crippen LogP contribution >= 0.6 is 12.2 Å². The van der Waals surface area contributed by atoms with Crippen LogP contribution in [0.4, 0.5) is 0 Å². The van der Waals surface area contributed by atoms with Crippen LogP contribution in [0.5, 0.6) is 0 Å². The van der Waals surface area contributed by atoms with Crippen molar-refractivity contribution in [3.63, 3.8) is 0 Å². The van der Waals surface area contributed by atoms with E-state index < -0.39 is 0 Å². The molecule has 84 valence electrons. The minimum atomic E-state index is 0.280. The van der Waals surface area contributed by atoms with E-state index >= 15 is 0 Å². The summed E-state index contributed by atoms with van der Waals surface area (Å²) in [6, 6.07) is 3.95. The maximum Gasteiger partial charge on any atom is 0.284 e. The number of pyridine rings is 1. The molecule has 0 aliphatic heterocycles. The van der Waals surface area contributed by atoms with E-state index in [1.807, 2.05) is 19.1 Å². The van der Waals surface area contributed by atoms with Crippen LogP contribution in [0.1, 0.15) is 31.2 Å². The van der Waals surface area contributed by atoms with Crippen molar-refractivity contribution in [3.05, 3.63) is 28.4 Å². The van der Waals surface area contributed by atoms with Gasteiger partial charge in [0.05, 0.1) is 11.3 Å². The Labute approximate surface area is 98.7 Å². The molecule has 0 bridgehead atoms. The molecule has 0 saturated heterocycles. The second kappa shape index (κ2) is 4.17. The topological polar surface area (TPSA) is 54.7 Å². The van der Waals surface area contributed by atoms with Gasteiger partial charge < -0.3 is 4.42 Å². The second-order valence-electron chi connectivity index (χ2n) is 3.94. The lowest BCUT2D eigenvalue weighted by atomic mass is 10.1. The summed E-state index contributed by atoms with van der Waals surface area (Å²) in [5.41, 5.74) is 2.84. The van der Waals surface area contributed by atoms with Crippen molar-refractivity contribution in [2.75, 3.05) is 0 Å². The number of nitrogens with zero attached hydrogens (tertiary/aromatic N) is 2. The first-order valence-electron chi connectivity index (χ1n) is 5.11. The van der Waals surface area contributed by atoms with Crippen LogP contribution in [0.3, 0.4) is 0 Å². The van der Waals surface area contributed by atoms with E-state index in [0.29, 0.717) is 11.8 Å². The number of aromatic nitrogens is 3. The Morgan fingerprint density at radius 1 is 1.38 bits per heavy atom. The zero-order chi connectivity index (χ0) is 11.7. The zero-order valence-electron chi connectivity index (χ0n) is 9.44. The van der Waals surface area contributed by atoms with Crippen molar-refractivity contribution in [1.29, 1.82) is 0 Å².